The number of carboxylic acid groups (broad SMARTS) is 1. The molecule has 218 valence electrons. The van der Waals surface area contributed by atoms with E-state index in [2.05, 4.69) is 4.90 Å². The van der Waals surface area contributed by atoms with Crippen molar-refractivity contribution >= 4 is 30.3 Å². The first-order valence-corrected chi connectivity index (χ1v) is 12.3. The number of likely N-dealkylation sites (N-methyl/N-ethyl adjacent to an activating group) is 1. The predicted octanol–water partition coefficient (Wildman–Crippen LogP) is 1.56. The van der Waals surface area contributed by atoms with Crippen LogP contribution in [-0.4, -0.2) is 81.6 Å². The second-order valence-corrected chi connectivity index (χ2v) is 10.2. The largest absolute Gasteiger partial charge is 0.481 e. The number of hydrogen-bond acceptors (Lipinski definition) is 10. The van der Waals surface area contributed by atoms with Gasteiger partial charge in [0.1, 0.15) is 17.6 Å². The van der Waals surface area contributed by atoms with Crippen LogP contribution in [0.3, 0.4) is 0 Å². The maximum atomic E-state index is 12.9. The first kappa shape index (κ1) is 32.5. The molecule has 2 heterocycles. The monoisotopic (exact) mass is 570 g/mol. The summed E-state index contributed by atoms with van der Waals surface area (Å²) in [6.07, 6.45) is -0.445. The molecule has 0 bridgehead atoms. The van der Waals surface area contributed by atoms with Gasteiger partial charge >= 0.3 is 17.9 Å². The number of rotatable bonds is 7. The minimum Gasteiger partial charge on any atom is -0.481 e. The highest BCUT2D eigenvalue weighted by atomic mass is 35.5. The lowest BCUT2D eigenvalue weighted by Crippen LogP contribution is -2.71. The normalized spacial score (nSPS) is 28.5. The van der Waals surface area contributed by atoms with E-state index < -0.39 is 53.6 Å². The van der Waals surface area contributed by atoms with E-state index in [0.717, 1.165) is 11.1 Å². The maximum absolute atomic E-state index is 12.9. The number of ether oxygens (including phenoxy) is 3. The van der Waals surface area contributed by atoms with E-state index in [-0.39, 0.29) is 44.7 Å². The van der Waals surface area contributed by atoms with Crippen molar-refractivity contribution in [1.82, 2.24) is 4.90 Å². The molecule has 0 saturated carbocycles. The molecule has 1 spiro atoms. The van der Waals surface area contributed by atoms with Gasteiger partial charge in [0.05, 0.1) is 24.0 Å². The lowest BCUT2D eigenvalue weighted by atomic mass is 9.54. The van der Waals surface area contributed by atoms with E-state index in [1.54, 1.807) is 12.1 Å². The van der Waals surface area contributed by atoms with Gasteiger partial charge in [0.15, 0.2) is 12.2 Å². The van der Waals surface area contributed by atoms with Crippen molar-refractivity contribution in [2.24, 2.45) is 5.73 Å². The van der Waals surface area contributed by atoms with Crippen LogP contribution in [0, 0.1) is 6.92 Å². The van der Waals surface area contributed by atoms with E-state index in [1.165, 1.54) is 6.92 Å². The number of aliphatic hydroxyl groups is 2. The van der Waals surface area contributed by atoms with E-state index in [4.69, 9.17) is 25.1 Å². The Morgan fingerprint density at radius 1 is 1.31 bits per heavy atom. The predicted molar refractivity (Wildman–Crippen MR) is 143 cm³/mol. The van der Waals surface area contributed by atoms with E-state index in [0.29, 0.717) is 24.3 Å². The molecule has 0 unspecified atom stereocenters. The topological polar surface area (TPSA) is 169 Å². The van der Waals surface area contributed by atoms with Crippen LogP contribution in [0.1, 0.15) is 57.2 Å². The van der Waals surface area contributed by atoms with Gasteiger partial charge in [-0.25, -0.2) is 4.79 Å². The molecule has 1 aliphatic carbocycles. The highest BCUT2D eigenvalue weighted by Gasteiger charge is 2.69. The Labute approximate surface area is 234 Å². The molecule has 12 heteroatoms. The molecule has 1 aromatic carbocycles. The maximum Gasteiger partial charge on any atom is 0.352 e. The third-order valence-corrected chi connectivity index (χ3v) is 8.17. The van der Waals surface area contributed by atoms with E-state index >= 15 is 0 Å². The SMILES string of the molecule is C.Cc1ccc(CO)c2c1[C@]13CCN(C)[C@H](C)[C@]1(O)CC=C(OC(=O)[C@H](C)OC(=O)C[C@H](N)C(=O)O)[C@@H]3O2.Cl. The highest BCUT2D eigenvalue weighted by Crippen LogP contribution is 2.61. The van der Waals surface area contributed by atoms with Crippen LogP contribution in [0.15, 0.2) is 24.0 Å². The van der Waals surface area contributed by atoms with Crippen molar-refractivity contribution in [3.8, 4) is 5.75 Å². The smallest absolute Gasteiger partial charge is 0.352 e. The summed E-state index contributed by atoms with van der Waals surface area (Å²) in [6, 6.07) is 1.97. The molecule has 11 nitrogen and oxygen atoms in total. The number of aliphatic carboxylic acids is 1. The number of halogens is 1. The van der Waals surface area contributed by atoms with Crippen LogP contribution >= 0.6 is 12.4 Å². The quantitative estimate of drug-likeness (QED) is 0.351. The van der Waals surface area contributed by atoms with E-state index in [1.807, 2.05) is 27.0 Å². The van der Waals surface area contributed by atoms with Crippen molar-refractivity contribution in [3.63, 3.8) is 0 Å². The second-order valence-electron chi connectivity index (χ2n) is 10.2. The van der Waals surface area contributed by atoms with Crippen LogP contribution in [0.2, 0.25) is 0 Å². The number of piperidine rings is 1. The van der Waals surface area contributed by atoms with E-state index in [9.17, 15) is 24.6 Å². The number of hydrogen-bond donors (Lipinski definition) is 4. The number of fused-ring (bicyclic) bond motifs is 1. The molecule has 0 aromatic heterocycles. The number of carbonyl (C=O) groups is 3. The van der Waals surface area contributed by atoms with Gasteiger partial charge in [0.25, 0.3) is 0 Å². The molecular formula is C27H39ClN2O9. The number of nitrogens with zero attached hydrogens (tertiary/aromatic N) is 1. The van der Waals surface area contributed by atoms with Crippen molar-refractivity contribution in [2.75, 3.05) is 13.6 Å². The molecule has 0 radical (unpaired) electrons. The fraction of sp³-hybridized carbons (Fsp3) is 0.593. The molecule has 4 rings (SSSR count). The zero-order chi connectivity index (χ0) is 27.3. The molecular weight excluding hydrogens is 532 g/mol. The average Bonchev–Trinajstić information content (AvgIpc) is 3.21. The Morgan fingerprint density at radius 3 is 2.59 bits per heavy atom. The number of benzene rings is 1. The second kappa shape index (κ2) is 11.8. The molecule has 1 aromatic rings. The molecule has 1 fully saturated rings. The first-order chi connectivity index (χ1) is 17.4. The fourth-order valence-corrected chi connectivity index (χ4v) is 5.96. The van der Waals surface area contributed by atoms with Crippen LogP contribution in [0.5, 0.6) is 5.75 Å². The number of carbonyl (C=O) groups excluding carboxylic acids is 2. The Bertz CT molecular complexity index is 1160. The number of nitrogens with two attached hydrogens (primary N) is 1. The Hall–Kier alpha value is -2.70. The molecule has 6 atom stereocenters. The summed E-state index contributed by atoms with van der Waals surface area (Å²) in [7, 11) is 1.95. The highest BCUT2D eigenvalue weighted by molar-refractivity contribution is 5.85. The van der Waals surface area contributed by atoms with Gasteiger partial charge in [0.2, 0.25) is 0 Å². The van der Waals surface area contributed by atoms with Crippen molar-refractivity contribution in [2.45, 2.75) is 89.4 Å². The zero-order valence-electron chi connectivity index (χ0n) is 21.8. The van der Waals surface area contributed by atoms with Crippen LogP contribution in [0.4, 0.5) is 0 Å². The molecule has 5 N–H and O–H groups in total. The Morgan fingerprint density at radius 2 is 1.97 bits per heavy atom. The third kappa shape index (κ3) is 5.14. The summed E-state index contributed by atoms with van der Waals surface area (Å²) in [5.74, 6) is -2.51. The van der Waals surface area contributed by atoms with Crippen molar-refractivity contribution < 1.29 is 43.9 Å². The average molecular weight is 571 g/mol. The molecule has 39 heavy (non-hydrogen) atoms. The number of carboxylic acids is 1. The summed E-state index contributed by atoms with van der Waals surface area (Å²) in [6.45, 7) is 5.60. The van der Waals surface area contributed by atoms with Gasteiger partial charge in [-0.05, 0) is 52.4 Å². The van der Waals surface area contributed by atoms with Crippen molar-refractivity contribution in [1.29, 1.82) is 0 Å². The fourth-order valence-electron chi connectivity index (χ4n) is 5.96. The van der Waals surface area contributed by atoms with Gasteiger partial charge in [-0.15, -0.1) is 12.4 Å². The standard InChI is InChI=1S/C26H34N2O9.CH4.ClH/c1-13-5-6-16(12-29)21-20(13)25-9-10-28(4)15(3)26(25,34)8-7-18(22(25)37-21)36-24(33)14(2)35-19(30)11-17(27)23(31)32;;/h5-7,14-15,17,22,29,34H,8-12,27H2,1-4H3,(H,31,32);1H4;1H/t14-,15+,17-,22-,25-,26+;;/m0../s1. The Kier molecular flexibility index (Phi) is 9.85. The van der Waals surface area contributed by atoms with Gasteiger partial charge in [-0.3, -0.25) is 9.59 Å². The lowest BCUT2D eigenvalue weighted by molar-refractivity contribution is -0.172. The summed E-state index contributed by atoms with van der Waals surface area (Å²) < 4.78 is 17.1. The van der Waals surface area contributed by atoms with Gasteiger partial charge in [-0.2, -0.15) is 0 Å². The number of aryl methyl sites for hydroxylation is 1. The van der Waals surface area contributed by atoms with Crippen LogP contribution < -0.4 is 10.5 Å². The molecule has 2 aliphatic heterocycles. The summed E-state index contributed by atoms with van der Waals surface area (Å²) in [5.41, 5.74) is 5.44. The Balaban J connectivity index is 0.00000267. The third-order valence-electron chi connectivity index (χ3n) is 8.17. The summed E-state index contributed by atoms with van der Waals surface area (Å²) >= 11 is 0. The van der Waals surface area contributed by atoms with Gasteiger partial charge < -0.3 is 40.2 Å². The molecule has 0 amide bonds. The minimum atomic E-state index is -1.45. The van der Waals surface area contributed by atoms with Crippen LogP contribution in [0.25, 0.3) is 0 Å². The summed E-state index contributed by atoms with van der Waals surface area (Å²) in [5, 5.41) is 31.1. The number of likely N-dealkylation sites (tertiary alicyclic amines) is 1. The van der Waals surface area contributed by atoms with Gasteiger partial charge in [0, 0.05) is 23.6 Å². The van der Waals surface area contributed by atoms with Crippen molar-refractivity contribution in [3.05, 3.63) is 40.7 Å². The first-order valence-electron chi connectivity index (χ1n) is 12.3. The number of esters is 2. The van der Waals surface area contributed by atoms with Crippen LogP contribution in [-0.2, 0) is 35.9 Å². The summed E-state index contributed by atoms with van der Waals surface area (Å²) in [4.78, 5) is 37.9. The minimum absolute atomic E-state index is 0. The zero-order valence-corrected chi connectivity index (χ0v) is 22.6. The molecule has 1 saturated heterocycles. The lowest BCUT2D eigenvalue weighted by Gasteiger charge is -2.58. The molecule has 3 aliphatic rings. The number of aliphatic hydroxyl groups excluding tert-OH is 1. The van der Waals surface area contributed by atoms with Gasteiger partial charge in [-0.1, -0.05) is 19.6 Å².